The summed E-state index contributed by atoms with van der Waals surface area (Å²) in [5, 5.41) is 12.5. The number of alkyl halides is 3. The summed E-state index contributed by atoms with van der Waals surface area (Å²) in [6.45, 7) is 3.37. The van der Waals surface area contributed by atoms with Gasteiger partial charge in [-0.05, 0) is 42.0 Å². The van der Waals surface area contributed by atoms with Crippen LogP contribution in [0.25, 0.3) is 11.1 Å². The Morgan fingerprint density at radius 2 is 1.83 bits per heavy atom. The number of amides is 1. The number of aryl methyl sites for hydroxylation is 1. The Morgan fingerprint density at radius 3 is 2.47 bits per heavy atom. The summed E-state index contributed by atoms with van der Waals surface area (Å²) in [7, 11) is 1.73. The van der Waals surface area contributed by atoms with Crippen molar-refractivity contribution in [2.75, 3.05) is 16.0 Å². The number of halogens is 4. The normalized spacial score (nSPS) is 11.1. The molecular weight excluding hydrogens is 478 g/mol. The van der Waals surface area contributed by atoms with Crippen molar-refractivity contribution < 1.29 is 22.4 Å². The molecule has 2 aromatic carbocycles. The number of nitrogens with zero attached hydrogens (tertiary/aromatic N) is 4. The molecule has 0 atom stereocenters. The second-order valence-electron chi connectivity index (χ2n) is 7.54. The molecule has 2 aromatic heterocycles. The minimum atomic E-state index is -4.49. The van der Waals surface area contributed by atoms with E-state index in [4.69, 9.17) is 0 Å². The predicted octanol–water partition coefficient (Wildman–Crippen LogP) is 5.65. The smallest absolute Gasteiger partial charge is 0.337 e. The molecule has 0 bridgehead atoms. The molecule has 0 spiro atoms. The molecule has 1 amide bonds. The van der Waals surface area contributed by atoms with Crippen LogP contribution in [0.4, 0.5) is 46.5 Å². The van der Waals surface area contributed by atoms with Crippen molar-refractivity contribution in [3.8, 4) is 11.1 Å². The average Bonchev–Trinajstić information content (AvgIpc) is 3.25. The maximum Gasteiger partial charge on any atom is 0.416 e. The van der Waals surface area contributed by atoms with Crippen molar-refractivity contribution in [1.29, 1.82) is 0 Å². The summed E-state index contributed by atoms with van der Waals surface area (Å²) in [6, 6.07) is 9.97. The van der Waals surface area contributed by atoms with Crippen molar-refractivity contribution in [2.24, 2.45) is 7.05 Å². The highest BCUT2D eigenvalue weighted by Crippen LogP contribution is 2.34. The molecule has 2 heterocycles. The van der Waals surface area contributed by atoms with Gasteiger partial charge in [0, 0.05) is 36.8 Å². The Bertz CT molecular complexity index is 1410. The monoisotopic (exact) mass is 497 g/mol. The standard InChI is InChI=1S/C24H19F4N7O/c1-3-21(36)30-16-8-9-18(25)19(12-16)31-22-17(14-4-6-15(7-5-14)24(26,27)28)13-29-23(33-22)32-20-10-11-35(2)34-20/h3-13H,1H2,2H3,(H,30,36)(H2,29,31,32,33,34). The fourth-order valence-corrected chi connectivity index (χ4v) is 3.20. The highest BCUT2D eigenvalue weighted by molar-refractivity contribution is 5.99. The first-order chi connectivity index (χ1) is 17.1. The molecule has 0 aliphatic carbocycles. The third kappa shape index (κ3) is 5.66. The van der Waals surface area contributed by atoms with E-state index >= 15 is 0 Å². The van der Waals surface area contributed by atoms with Gasteiger partial charge in [-0.15, -0.1) is 0 Å². The summed E-state index contributed by atoms with van der Waals surface area (Å²) in [4.78, 5) is 20.3. The summed E-state index contributed by atoms with van der Waals surface area (Å²) in [5.41, 5.74) is 0.127. The molecule has 184 valence electrons. The first kappa shape index (κ1) is 24.4. The molecule has 36 heavy (non-hydrogen) atoms. The molecule has 8 nitrogen and oxygen atoms in total. The van der Waals surface area contributed by atoms with Crippen molar-refractivity contribution in [1.82, 2.24) is 19.7 Å². The lowest BCUT2D eigenvalue weighted by Gasteiger charge is -2.15. The van der Waals surface area contributed by atoms with Gasteiger partial charge in [0.1, 0.15) is 11.6 Å². The summed E-state index contributed by atoms with van der Waals surface area (Å²) >= 11 is 0. The quantitative estimate of drug-likeness (QED) is 0.226. The van der Waals surface area contributed by atoms with Crippen LogP contribution >= 0.6 is 0 Å². The Hall–Kier alpha value is -4.74. The fraction of sp³-hybridized carbons (Fsp3) is 0.0833. The first-order valence-corrected chi connectivity index (χ1v) is 10.4. The Balaban J connectivity index is 1.74. The van der Waals surface area contributed by atoms with Crippen LogP contribution in [0.3, 0.4) is 0 Å². The van der Waals surface area contributed by atoms with Crippen LogP contribution in [-0.4, -0.2) is 25.7 Å². The number of carbonyl (C=O) groups is 1. The van der Waals surface area contributed by atoms with Crippen LogP contribution in [0, 0.1) is 5.82 Å². The number of nitrogens with one attached hydrogen (secondary N) is 3. The average molecular weight is 497 g/mol. The maximum absolute atomic E-state index is 14.7. The third-order valence-electron chi connectivity index (χ3n) is 4.94. The Kier molecular flexibility index (Phi) is 6.68. The molecule has 0 aliphatic heterocycles. The molecule has 0 radical (unpaired) electrons. The topological polar surface area (TPSA) is 96.8 Å². The van der Waals surface area contributed by atoms with Gasteiger partial charge < -0.3 is 16.0 Å². The molecule has 0 saturated carbocycles. The van der Waals surface area contributed by atoms with E-state index in [2.05, 4.69) is 37.6 Å². The predicted molar refractivity (Wildman–Crippen MR) is 127 cm³/mol. The van der Waals surface area contributed by atoms with E-state index in [-0.39, 0.29) is 17.5 Å². The minimum Gasteiger partial charge on any atom is -0.337 e. The van der Waals surface area contributed by atoms with Crippen molar-refractivity contribution in [3.63, 3.8) is 0 Å². The number of carbonyl (C=O) groups excluding carboxylic acids is 1. The minimum absolute atomic E-state index is 0.0347. The largest absolute Gasteiger partial charge is 0.416 e. The SMILES string of the molecule is C=CC(=O)Nc1ccc(F)c(Nc2nc(Nc3ccn(C)n3)ncc2-c2ccc(C(F)(F)F)cc2)c1. The molecule has 0 unspecified atom stereocenters. The summed E-state index contributed by atoms with van der Waals surface area (Å²) in [5.74, 6) is -0.464. The second-order valence-corrected chi connectivity index (χ2v) is 7.54. The number of hydrogen-bond donors (Lipinski definition) is 3. The van der Waals surface area contributed by atoms with E-state index in [0.29, 0.717) is 22.6 Å². The maximum atomic E-state index is 14.7. The highest BCUT2D eigenvalue weighted by atomic mass is 19.4. The van der Waals surface area contributed by atoms with Gasteiger partial charge in [-0.25, -0.2) is 9.37 Å². The zero-order chi connectivity index (χ0) is 25.9. The Labute approximate surface area is 202 Å². The van der Waals surface area contributed by atoms with Gasteiger partial charge in [-0.3, -0.25) is 9.48 Å². The van der Waals surface area contributed by atoms with Crippen LogP contribution in [-0.2, 0) is 18.0 Å². The molecule has 4 aromatic rings. The van der Waals surface area contributed by atoms with E-state index in [0.717, 1.165) is 24.3 Å². The molecule has 12 heteroatoms. The number of benzene rings is 2. The molecule has 0 fully saturated rings. The summed E-state index contributed by atoms with van der Waals surface area (Å²) < 4.78 is 55.3. The Morgan fingerprint density at radius 1 is 1.08 bits per heavy atom. The van der Waals surface area contributed by atoms with Crippen molar-refractivity contribution in [3.05, 3.63) is 85.0 Å². The molecular formula is C24H19F4N7O. The number of anilines is 5. The number of aromatic nitrogens is 4. The van der Waals surface area contributed by atoms with Gasteiger partial charge in [0.2, 0.25) is 11.9 Å². The zero-order valence-electron chi connectivity index (χ0n) is 18.8. The van der Waals surface area contributed by atoms with E-state index in [1.807, 2.05) is 0 Å². The van der Waals surface area contributed by atoms with Gasteiger partial charge in [-0.1, -0.05) is 18.7 Å². The fourth-order valence-electron chi connectivity index (χ4n) is 3.20. The van der Waals surface area contributed by atoms with Crippen LogP contribution in [0.2, 0.25) is 0 Å². The number of hydrogen-bond acceptors (Lipinski definition) is 6. The lowest BCUT2D eigenvalue weighted by Crippen LogP contribution is -2.08. The molecule has 3 N–H and O–H groups in total. The van der Waals surface area contributed by atoms with Crippen LogP contribution < -0.4 is 16.0 Å². The van der Waals surface area contributed by atoms with E-state index < -0.39 is 23.5 Å². The summed E-state index contributed by atoms with van der Waals surface area (Å²) in [6.07, 6.45) is -0.327. The van der Waals surface area contributed by atoms with E-state index in [1.54, 1.807) is 24.0 Å². The molecule has 0 saturated heterocycles. The van der Waals surface area contributed by atoms with Gasteiger partial charge >= 0.3 is 6.18 Å². The highest BCUT2D eigenvalue weighted by Gasteiger charge is 2.30. The van der Waals surface area contributed by atoms with Gasteiger partial charge in [0.05, 0.1) is 11.3 Å². The second kappa shape index (κ2) is 9.86. The van der Waals surface area contributed by atoms with Crippen molar-refractivity contribution in [2.45, 2.75) is 6.18 Å². The molecule has 0 aliphatic rings. The third-order valence-corrected chi connectivity index (χ3v) is 4.94. The first-order valence-electron chi connectivity index (χ1n) is 10.4. The lowest BCUT2D eigenvalue weighted by molar-refractivity contribution is -0.137. The van der Waals surface area contributed by atoms with Crippen LogP contribution in [0.5, 0.6) is 0 Å². The van der Waals surface area contributed by atoms with Gasteiger partial charge in [0.15, 0.2) is 5.82 Å². The lowest BCUT2D eigenvalue weighted by atomic mass is 10.1. The van der Waals surface area contributed by atoms with E-state index in [1.165, 1.54) is 30.5 Å². The van der Waals surface area contributed by atoms with E-state index in [9.17, 15) is 22.4 Å². The van der Waals surface area contributed by atoms with Crippen molar-refractivity contribution >= 4 is 34.9 Å². The van der Waals surface area contributed by atoms with Crippen LogP contribution in [0.1, 0.15) is 5.56 Å². The molecule has 4 rings (SSSR count). The van der Waals surface area contributed by atoms with Gasteiger partial charge in [-0.2, -0.15) is 23.3 Å². The van der Waals surface area contributed by atoms with Crippen LogP contribution in [0.15, 0.2) is 73.6 Å². The number of rotatable bonds is 7. The zero-order valence-corrected chi connectivity index (χ0v) is 18.8. The van der Waals surface area contributed by atoms with Gasteiger partial charge in [0.25, 0.3) is 0 Å².